The number of phenolic OH excluding ortho intramolecular Hbond substituents is 1. The van der Waals surface area contributed by atoms with E-state index in [2.05, 4.69) is 10.9 Å². The zero-order valence-corrected chi connectivity index (χ0v) is 11.1. The molecule has 2 aromatic rings. The number of fused-ring (bicyclic) bond motifs is 2. The molecule has 3 rings (SSSR count). The van der Waals surface area contributed by atoms with E-state index in [0.717, 1.165) is 21.2 Å². The van der Waals surface area contributed by atoms with E-state index in [1.54, 1.807) is 17.8 Å². The van der Waals surface area contributed by atoms with Crippen molar-refractivity contribution in [3.8, 4) is 5.75 Å². The first-order valence-electron chi connectivity index (χ1n) is 5.99. The molecule has 2 aromatic carbocycles. The highest BCUT2D eigenvalue weighted by atomic mass is 32.2. The molecular formula is C14H14N2O2S. The molecule has 0 radical (unpaired) electrons. The van der Waals surface area contributed by atoms with Gasteiger partial charge in [-0.25, -0.2) is 5.90 Å². The average molecular weight is 274 g/mol. The van der Waals surface area contributed by atoms with E-state index in [9.17, 15) is 5.11 Å². The van der Waals surface area contributed by atoms with E-state index in [1.807, 2.05) is 35.2 Å². The lowest BCUT2D eigenvalue weighted by Crippen LogP contribution is -2.26. The number of rotatable bonds is 3. The minimum Gasteiger partial charge on any atom is -0.506 e. The molecule has 4 nitrogen and oxygen atoms in total. The lowest BCUT2D eigenvalue weighted by molar-refractivity contribution is 0.145. The molecule has 0 amide bonds. The molecule has 1 heterocycles. The number of hydrogen-bond acceptors (Lipinski definition) is 5. The van der Waals surface area contributed by atoms with Gasteiger partial charge in [0.2, 0.25) is 0 Å². The molecule has 1 aliphatic heterocycles. The zero-order valence-electron chi connectivity index (χ0n) is 10.2. The van der Waals surface area contributed by atoms with Crippen molar-refractivity contribution in [1.82, 2.24) is 0 Å². The molecule has 98 valence electrons. The van der Waals surface area contributed by atoms with Crippen LogP contribution in [0.1, 0.15) is 0 Å². The number of anilines is 2. The van der Waals surface area contributed by atoms with Gasteiger partial charge in [0.1, 0.15) is 5.75 Å². The van der Waals surface area contributed by atoms with Crippen LogP contribution in [0, 0.1) is 0 Å². The van der Waals surface area contributed by atoms with Gasteiger partial charge in [-0.05, 0) is 24.3 Å². The SMILES string of the molecule is NOCCN1c2ccccc2Sc2cccc(O)c21. The first-order chi connectivity index (χ1) is 9.31. The van der Waals surface area contributed by atoms with E-state index in [1.165, 1.54) is 0 Å². The van der Waals surface area contributed by atoms with Gasteiger partial charge in [0.25, 0.3) is 0 Å². The van der Waals surface area contributed by atoms with E-state index in [4.69, 9.17) is 5.90 Å². The van der Waals surface area contributed by atoms with Crippen molar-refractivity contribution in [2.24, 2.45) is 5.90 Å². The monoisotopic (exact) mass is 274 g/mol. The zero-order chi connectivity index (χ0) is 13.2. The van der Waals surface area contributed by atoms with Crippen molar-refractivity contribution in [3.63, 3.8) is 0 Å². The fourth-order valence-electron chi connectivity index (χ4n) is 2.25. The Balaban J connectivity index is 2.11. The van der Waals surface area contributed by atoms with Crippen molar-refractivity contribution >= 4 is 23.1 Å². The van der Waals surface area contributed by atoms with Gasteiger partial charge >= 0.3 is 0 Å². The summed E-state index contributed by atoms with van der Waals surface area (Å²) in [7, 11) is 0. The Labute approximate surface area is 115 Å². The molecule has 5 heteroatoms. The maximum Gasteiger partial charge on any atom is 0.140 e. The molecule has 3 N–H and O–H groups in total. The summed E-state index contributed by atoms with van der Waals surface area (Å²) in [5, 5.41) is 10.1. The number of aromatic hydroxyl groups is 1. The lowest BCUT2D eigenvalue weighted by Gasteiger charge is -2.32. The molecule has 0 bridgehead atoms. The Bertz CT molecular complexity index is 604. The molecule has 0 aromatic heterocycles. The molecule has 0 aliphatic carbocycles. The predicted molar refractivity (Wildman–Crippen MR) is 75.8 cm³/mol. The van der Waals surface area contributed by atoms with Gasteiger partial charge < -0.3 is 14.8 Å². The Morgan fingerprint density at radius 1 is 1.11 bits per heavy atom. The van der Waals surface area contributed by atoms with Crippen LogP contribution in [-0.2, 0) is 4.84 Å². The van der Waals surface area contributed by atoms with Gasteiger partial charge in [-0.1, -0.05) is 30.0 Å². The fraction of sp³-hybridized carbons (Fsp3) is 0.143. The largest absolute Gasteiger partial charge is 0.506 e. The molecule has 0 saturated heterocycles. The fourth-order valence-corrected chi connectivity index (χ4v) is 3.37. The highest BCUT2D eigenvalue weighted by Gasteiger charge is 2.25. The predicted octanol–water partition coefficient (Wildman–Crippen LogP) is 2.89. The van der Waals surface area contributed by atoms with E-state index in [-0.39, 0.29) is 5.75 Å². The number of hydrogen-bond donors (Lipinski definition) is 2. The van der Waals surface area contributed by atoms with Crippen LogP contribution in [0.15, 0.2) is 52.3 Å². The quantitative estimate of drug-likeness (QED) is 0.843. The second-order valence-electron chi connectivity index (χ2n) is 4.22. The van der Waals surface area contributed by atoms with Crippen LogP contribution in [0.2, 0.25) is 0 Å². The van der Waals surface area contributed by atoms with Crippen LogP contribution in [0.25, 0.3) is 0 Å². The Hall–Kier alpha value is -1.69. The van der Waals surface area contributed by atoms with Crippen molar-refractivity contribution in [2.45, 2.75) is 9.79 Å². The molecule has 1 aliphatic rings. The third kappa shape index (κ3) is 2.16. The van der Waals surface area contributed by atoms with Gasteiger partial charge in [0, 0.05) is 16.3 Å². The summed E-state index contributed by atoms with van der Waals surface area (Å²) in [6.07, 6.45) is 0. The Morgan fingerprint density at radius 3 is 2.74 bits per heavy atom. The van der Waals surface area contributed by atoms with Crippen molar-refractivity contribution in [3.05, 3.63) is 42.5 Å². The third-order valence-electron chi connectivity index (χ3n) is 3.06. The van der Waals surface area contributed by atoms with Crippen LogP contribution in [0.4, 0.5) is 11.4 Å². The number of nitrogens with zero attached hydrogens (tertiary/aromatic N) is 1. The van der Waals surface area contributed by atoms with Crippen LogP contribution >= 0.6 is 11.8 Å². The standard InChI is InChI=1S/C14H14N2O2S/c15-18-9-8-16-10-4-1-2-6-12(10)19-13-7-3-5-11(17)14(13)16/h1-7,17H,8-9,15H2. The summed E-state index contributed by atoms with van der Waals surface area (Å²) in [4.78, 5) is 8.93. The molecule has 0 unspecified atom stereocenters. The van der Waals surface area contributed by atoms with Crippen LogP contribution < -0.4 is 10.8 Å². The van der Waals surface area contributed by atoms with Crippen LogP contribution in [0.5, 0.6) is 5.75 Å². The molecule has 0 spiro atoms. The van der Waals surface area contributed by atoms with Crippen molar-refractivity contribution < 1.29 is 9.94 Å². The highest BCUT2D eigenvalue weighted by Crippen LogP contribution is 2.51. The molecule has 0 fully saturated rings. The number of phenols is 1. The smallest absolute Gasteiger partial charge is 0.140 e. The Kier molecular flexibility index (Phi) is 3.33. The first kappa shape index (κ1) is 12.3. The molecule has 19 heavy (non-hydrogen) atoms. The lowest BCUT2D eigenvalue weighted by atomic mass is 10.2. The van der Waals surface area contributed by atoms with Crippen LogP contribution in [0.3, 0.4) is 0 Å². The number of para-hydroxylation sites is 2. The minimum atomic E-state index is 0.275. The third-order valence-corrected chi connectivity index (χ3v) is 4.17. The van der Waals surface area contributed by atoms with Gasteiger partial charge in [0.15, 0.2) is 0 Å². The van der Waals surface area contributed by atoms with Gasteiger partial charge in [-0.15, -0.1) is 0 Å². The van der Waals surface area contributed by atoms with Gasteiger partial charge in [-0.2, -0.15) is 0 Å². The Morgan fingerprint density at radius 2 is 1.89 bits per heavy atom. The first-order valence-corrected chi connectivity index (χ1v) is 6.81. The summed E-state index contributed by atoms with van der Waals surface area (Å²) in [5.74, 6) is 5.40. The normalized spacial score (nSPS) is 13.0. The van der Waals surface area contributed by atoms with Gasteiger partial charge in [-0.3, -0.25) is 0 Å². The topological polar surface area (TPSA) is 58.7 Å². The average Bonchev–Trinajstić information content (AvgIpc) is 2.44. The van der Waals surface area contributed by atoms with Crippen LogP contribution in [-0.4, -0.2) is 18.3 Å². The maximum absolute atomic E-state index is 10.1. The summed E-state index contributed by atoms with van der Waals surface area (Å²) < 4.78 is 0. The summed E-state index contributed by atoms with van der Waals surface area (Å²) in [5.41, 5.74) is 1.89. The van der Waals surface area contributed by atoms with Crippen molar-refractivity contribution in [2.75, 3.05) is 18.1 Å². The molecule has 0 atom stereocenters. The number of benzene rings is 2. The highest BCUT2D eigenvalue weighted by molar-refractivity contribution is 7.99. The second kappa shape index (κ2) is 5.13. The summed E-state index contributed by atoms with van der Waals surface area (Å²) in [6, 6.07) is 13.7. The molecule has 0 saturated carbocycles. The minimum absolute atomic E-state index is 0.275. The molecular weight excluding hydrogens is 260 g/mol. The van der Waals surface area contributed by atoms with Gasteiger partial charge in [0.05, 0.1) is 18.0 Å². The van der Waals surface area contributed by atoms with Crippen molar-refractivity contribution in [1.29, 1.82) is 0 Å². The maximum atomic E-state index is 10.1. The summed E-state index contributed by atoms with van der Waals surface area (Å²) in [6.45, 7) is 0.991. The van der Waals surface area contributed by atoms with E-state index in [0.29, 0.717) is 13.2 Å². The second-order valence-corrected chi connectivity index (χ2v) is 5.30. The summed E-state index contributed by atoms with van der Waals surface area (Å²) >= 11 is 1.66. The number of nitrogens with two attached hydrogens (primary N) is 1. The van der Waals surface area contributed by atoms with E-state index < -0.39 is 0 Å². The van der Waals surface area contributed by atoms with E-state index >= 15 is 0 Å².